The summed E-state index contributed by atoms with van der Waals surface area (Å²) in [6, 6.07) is 16.6. The molecule has 0 bridgehead atoms. The molecule has 1 aliphatic carbocycles. The number of guanidine groups is 1. The molecule has 1 aromatic carbocycles. The molecule has 0 radical (unpaired) electrons. The predicted molar refractivity (Wildman–Crippen MR) is 110 cm³/mol. The summed E-state index contributed by atoms with van der Waals surface area (Å²) >= 11 is 0. The van der Waals surface area contributed by atoms with Crippen molar-refractivity contribution in [3.8, 4) is 0 Å². The maximum Gasteiger partial charge on any atom is 0.188 e. The van der Waals surface area contributed by atoms with E-state index >= 15 is 0 Å². The lowest BCUT2D eigenvalue weighted by atomic mass is 9.64. The van der Waals surface area contributed by atoms with E-state index in [1.54, 1.807) is 0 Å². The third-order valence-electron chi connectivity index (χ3n) is 4.66. The lowest BCUT2D eigenvalue weighted by molar-refractivity contribution is 0.253. The fourth-order valence-electron chi connectivity index (χ4n) is 3.09. The van der Waals surface area contributed by atoms with Gasteiger partial charge < -0.3 is 11.1 Å². The van der Waals surface area contributed by atoms with Gasteiger partial charge in [0.15, 0.2) is 5.96 Å². The summed E-state index contributed by atoms with van der Waals surface area (Å²) in [6.45, 7) is 1.52. The quantitative estimate of drug-likeness (QED) is 0.415. The molecule has 0 aliphatic heterocycles. The normalized spacial score (nSPS) is 15.9. The Morgan fingerprint density at radius 3 is 2.50 bits per heavy atom. The van der Waals surface area contributed by atoms with Crippen molar-refractivity contribution in [1.29, 1.82) is 0 Å². The van der Waals surface area contributed by atoms with Gasteiger partial charge in [-0.05, 0) is 30.5 Å². The minimum absolute atomic E-state index is 0. The van der Waals surface area contributed by atoms with E-state index in [0.29, 0.717) is 5.96 Å². The summed E-state index contributed by atoms with van der Waals surface area (Å²) in [5.74, 6) is 0.531. The van der Waals surface area contributed by atoms with Crippen LogP contribution in [0.5, 0.6) is 0 Å². The van der Waals surface area contributed by atoms with Crippen LogP contribution in [0, 0.1) is 0 Å². The van der Waals surface area contributed by atoms with Crippen LogP contribution in [0.3, 0.4) is 0 Å². The van der Waals surface area contributed by atoms with Gasteiger partial charge in [0, 0.05) is 30.3 Å². The average molecular weight is 436 g/mol. The van der Waals surface area contributed by atoms with Crippen molar-refractivity contribution < 1.29 is 0 Å². The van der Waals surface area contributed by atoms with Crippen molar-refractivity contribution in [2.24, 2.45) is 10.7 Å². The minimum atomic E-state index is 0. The van der Waals surface area contributed by atoms with Crippen molar-refractivity contribution in [3.05, 3.63) is 66.0 Å². The second-order valence-corrected chi connectivity index (χ2v) is 6.20. The number of benzene rings is 1. The second kappa shape index (κ2) is 9.01. The summed E-state index contributed by atoms with van der Waals surface area (Å²) < 4.78 is 0. The molecule has 0 unspecified atom stereocenters. The summed E-state index contributed by atoms with van der Waals surface area (Å²) in [6.07, 6.45) is 6.33. The van der Waals surface area contributed by atoms with Crippen LogP contribution in [0.2, 0.25) is 0 Å². The van der Waals surface area contributed by atoms with Gasteiger partial charge in [0.2, 0.25) is 0 Å². The van der Waals surface area contributed by atoms with Gasteiger partial charge in [0.05, 0.1) is 6.54 Å². The van der Waals surface area contributed by atoms with E-state index in [9.17, 15) is 0 Å². The van der Waals surface area contributed by atoms with E-state index < -0.39 is 0 Å². The van der Waals surface area contributed by atoms with Crippen LogP contribution in [-0.2, 0) is 11.8 Å². The number of pyridine rings is 1. The van der Waals surface area contributed by atoms with Crippen molar-refractivity contribution in [1.82, 2.24) is 10.3 Å². The Labute approximate surface area is 161 Å². The lowest BCUT2D eigenvalue weighted by Gasteiger charge is -2.41. The highest BCUT2D eigenvalue weighted by atomic mass is 127. The van der Waals surface area contributed by atoms with Crippen LogP contribution in [-0.4, -0.2) is 24.0 Å². The van der Waals surface area contributed by atoms with E-state index in [1.165, 1.54) is 24.8 Å². The van der Waals surface area contributed by atoms with Crippen molar-refractivity contribution in [3.63, 3.8) is 0 Å². The highest BCUT2D eigenvalue weighted by Gasteiger charge is 2.38. The topological polar surface area (TPSA) is 63.3 Å². The molecule has 5 heteroatoms. The molecular formula is C19H25IN4. The SMILES string of the molecule is I.NC(=NCC1(c2ccccc2)CCC1)NCCc1ccccn1. The molecule has 4 nitrogen and oxygen atoms in total. The highest BCUT2D eigenvalue weighted by Crippen LogP contribution is 2.43. The minimum Gasteiger partial charge on any atom is -0.370 e. The summed E-state index contributed by atoms with van der Waals surface area (Å²) in [4.78, 5) is 8.89. The second-order valence-electron chi connectivity index (χ2n) is 6.20. The molecule has 1 aromatic heterocycles. The number of aliphatic imine (C=N–C) groups is 1. The van der Waals surface area contributed by atoms with Gasteiger partial charge in [-0.2, -0.15) is 0 Å². The number of aromatic nitrogens is 1. The fraction of sp³-hybridized carbons (Fsp3) is 0.368. The van der Waals surface area contributed by atoms with Gasteiger partial charge >= 0.3 is 0 Å². The van der Waals surface area contributed by atoms with Crippen LogP contribution < -0.4 is 11.1 Å². The van der Waals surface area contributed by atoms with E-state index in [-0.39, 0.29) is 29.4 Å². The summed E-state index contributed by atoms with van der Waals surface area (Å²) in [7, 11) is 0. The fourth-order valence-corrected chi connectivity index (χ4v) is 3.09. The number of nitrogens with one attached hydrogen (secondary N) is 1. The van der Waals surface area contributed by atoms with Crippen molar-refractivity contribution >= 4 is 29.9 Å². The Balaban J connectivity index is 0.00000208. The largest absolute Gasteiger partial charge is 0.370 e. The number of rotatable bonds is 6. The summed E-state index contributed by atoms with van der Waals surface area (Å²) in [5.41, 5.74) is 8.66. The monoisotopic (exact) mass is 436 g/mol. The first-order valence-electron chi connectivity index (χ1n) is 8.28. The Morgan fingerprint density at radius 2 is 1.88 bits per heavy atom. The number of halogens is 1. The first kappa shape index (κ1) is 18.7. The lowest BCUT2D eigenvalue weighted by Crippen LogP contribution is -2.40. The molecule has 3 N–H and O–H groups in total. The number of nitrogens with two attached hydrogens (primary N) is 1. The molecule has 1 heterocycles. The molecule has 2 aromatic rings. The zero-order valence-electron chi connectivity index (χ0n) is 13.8. The van der Waals surface area contributed by atoms with Crippen LogP contribution in [0.25, 0.3) is 0 Å². The van der Waals surface area contributed by atoms with Crippen LogP contribution in [0.15, 0.2) is 59.7 Å². The smallest absolute Gasteiger partial charge is 0.188 e. The first-order valence-corrected chi connectivity index (χ1v) is 8.28. The van der Waals surface area contributed by atoms with Gasteiger partial charge in [-0.3, -0.25) is 9.98 Å². The molecule has 3 rings (SSSR count). The molecule has 24 heavy (non-hydrogen) atoms. The Hall–Kier alpha value is -1.63. The van der Waals surface area contributed by atoms with Crippen LogP contribution >= 0.6 is 24.0 Å². The van der Waals surface area contributed by atoms with Gasteiger partial charge in [-0.15, -0.1) is 24.0 Å². The Kier molecular flexibility index (Phi) is 7.02. The van der Waals surface area contributed by atoms with Crippen LogP contribution in [0.1, 0.15) is 30.5 Å². The number of nitrogens with zero attached hydrogens (tertiary/aromatic N) is 2. The third kappa shape index (κ3) is 4.69. The van der Waals surface area contributed by atoms with Crippen molar-refractivity contribution in [2.45, 2.75) is 31.1 Å². The highest BCUT2D eigenvalue weighted by molar-refractivity contribution is 14.0. The van der Waals surface area contributed by atoms with Crippen molar-refractivity contribution in [2.75, 3.05) is 13.1 Å². The zero-order chi connectivity index (χ0) is 16.0. The third-order valence-corrected chi connectivity index (χ3v) is 4.66. The first-order chi connectivity index (χ1) is 11.3. The maximum atomic E-state index is 6.02. The van der Waals surface area contributed by atoms with Gasteiger partial charge in [-0.1, -0.05) is 42.8 Å². The van der Waals surface area contributed by atoms with E-state index in [1.807, 2.05) is 24.4 Å². The van der Waals surface area contributed by atoms with Gasteiger partial charge in [0.25, 0.3) is 0 Å². The standard InChI is InChI=1S/C19H24N4.HI/c20-18(22-14-10-17-9-4-5-13-21-17)23-15-19(11-6-12-19)16-7-2-1-3-8-16;/h1-5,7-9,13H,6,10-12,14-15H2,(H3,20,22,23);1H. The molecule has 0 saturated heterocycles. The molecule has 1 aliphatic rings. The maximum absolute atomic E-state index is 6.02. The molecule has 1 fully saturated rings. The summed E-state index contributed by atoms with van der Waals surface area (Å²) in [5, 5.41) is 3.19. The molecular weight excluding hydrogens is 411 g/mol. The van der Waals surface area contributed by atoms with E-state index in [2.05, 4.69) is 45.6 Å². The van der Waals surface area contributed by atoms with Gasteiger partial charge in [-0.25, -0.2) is 0 Å². The van der Waals surface area contributed by atoms with Crippen LogP contribution in [0.4, 0.5) is 0 Å². The number of hydrogen-bond donors (Lipinski definition) is 2. The molecule has 1 saturated carbocycles. The molecule has 0 spiro atoms. The molecule has 0 atom stereocenters. The predicted octanol–water partition coefficient (Wildman–Crippen LogP) is 3.27. The van der Waals surface area contributed by atoms with E-state index in [0.717, 1.165) is 25.2 Å². The Morgan fingerprint density at radius 1 is 1.12 bits per heavy atom. The number of hydrogen-bond acceptors (Lipinski definition) is 2. The van der Waals surface area contributed by atoms with Gasteiger partial charge in [0.1, 0.15) is 0 Å². The Bertz CT molecular complexity index is 639. The average Bonchev–Trinajstić information content (AvgIpc) is 2.56. The molecule has 128 valence electrons. The van der Waals surface area contributed by atoms with E-state index in [4.69, 9.17) is 5.73 Å². The molecule has 0 amide bonds. The zero-order valence-corrected chi connectivity index (χ0v) is 16.1.